The van der Waals surface area contributed by atoms with Crippen molar-refractivity contribution in [3.63, 3.8) is 0 Å². The van der Waals surface area contributed by atoms with Crippen LogP contribution in [0.2, 0.25) is 5.02 Å². The minimum absolute atomic E-state index is 0.0140. The van der Waals surface area contributed by atoms with Crippen molar-refractivity contribution in [3.8, 4) is 5.75 Å². The highest BCUT2D eigenvalue weighted by Gasteiger charge is 2.22. The first-order valence-electron chi connectivity index (χ1n) is 5.65. The van der Waals surface area contributed by atoms with Gasteiger partial charge in [-0.15, -0.1) is 0 Å². The zero-order chi connectivity index (χ0) is 14.9. The number of aromatic hydroxyl groups is 1. The summed E-state index contributed by atoms with van der Waals surface area (Å²) in [6.45, 7) is 0. The van der Waals surface area contributed by atoms with Crippen molar-refractivity contribution >= 4 is 33.0 Å². The SMILES string of the molecule is CN(c1cccc(O)c1)S(=O)(=O)c1ccc(N)c(Cl)c1. The first-order chi connectivity index (χ1) is 9.32. The first-order valence-corrected chi connectivity index (χ1v) is 7.47. The van der Waals surface area contributed by atoms with Crippen molar-refractivity contribution in [3.05, 3.63) is 47.5 Å². The molecule has 0 aliphatic heterocycles. The fraction of sp³-hybridized carbons (Fsp3) is 0.0769. The van der Waals surface area contributed by atoms with Gasteiger partial charge in [0.25, 0.3) is 10.0 Å². The molecular formula is C13H13ClN2O3S. The number of benzene rings is 2. The lowest BCUT2D eigenvalue weighted by molar-refractivity contribution is 0.475. The summed E-state index contributed by atoms with van der Waals surface area (Å²) in [6, 6.07) is 10.1. The maximum absolute atomic E-state index is 12.5. The number of nitrogens with two attached hydrogens (primary N) is 1. The van der Waals surface area contributed by atoms with Gasteiger partial charge in [-0.25, -0.2) is 8.42 Å². The van der Waals surface area contributed by atoms with Crippen LogP contribution in [0.5, 0.6) is 5.75 Å². The quantitative estimate of drug-likeness (QED) is 0.853. The molecule has 0 bridgehead atoms. The maximum Gasteiger partial charge on any atom is 0.264 e. The summed E-state index contributed by atoms with van der Waals surface area (Å²) < 4.78 is 26.0. The van der Waals surface area contributed by atoms with Crippen LogP contribution in [0.4, 0.5) is 11.4 Å². The van der Waals surface area contributed by atoms with Crippen LogP contribution in [-0.4, -0.2) is 20.6 Å². The minimum Gasteiger partial charge on any atom is -0.508 e. The zero-order valence-electron chi connectivity index (χ0n) is 10.6. The third kappa shape index (κ3) is 2.66. The van der Waals surface area contributed by atoms with Gasteiger partial charge in [-0.05, 0) is 30.3 Å². The van der Waals surface area contributed by atoms with Crippen LogP contribution in [-0.2, 0) is 10.0 Å². The number of anilines is 2. The molecule has 0 saturated carbocycles. The van der Waals surface area contributed by atoms with E-state index in [9.17, 15) is 13.5 Å². The van der Waals surface area contributed by atoms with E-state index in [0.29, 0.717) is 11.4 Å². The van der Waals surface area contributed by atoms with Crippen LogP contribution in [0.15, 0.2) is 47.4 Å². The highest BCUT2D eigenvalue weighted by atomic mass is 35.5. The number of nitrogen functional groups attached to an aromatic ring is 1. The molecule has 0 radical (unpaired) electrons. The topological polar surface area (TPSA) is 83.6 Å². The number of halogens is 1. The van der Waals surface area contributed by atoms with Crippen LogP contribution in [0, 0.1) is 0 Å². The largest absolute Gasteiger partial charge is 0.508 e. The number of phenols is 1. The summed E-state index contributed by atoms with van der Waals surface area (Å²) in [5.41, 5.74) is 6.22. The third-order valence-corrected chi connectivity index (χ3v) is 4.93. The van der Waals surface area contributed by atoms with Gasteiger partial charge in [0.2, 0.25) is 0 Å². The molecule has 0 fully saturated rings. The number of hydrogen-bond donors (Lipinski definition) is 2. The lowest BCUT2D eigenvalue weighted by Gasteiger charge is -2.20. The van der Waals surface area contributed by atoms with Crippen LogP contribution in [0.25, 0.3) is 0 Å². The lowest BCUT2D eigenvalue weighted by atomic mass is 10.3. The average Bonchev–Trinajstić information content (AvgIpc) is 2.40. The Hall–Kier alpha value is -1.92. The molecule has 3 N–H and O–H groups in total. The van der Waals surface area contributed by atoms with E-state index < -0.39 is 10.0 Å². The van der Waals surface area contributed by atoms with Gasteiger partial charge in [0, 0.05) is 13.1 Å². The normalized spacial score (nSPS) is 11.3. The van der Waals surface area contributed by atoms with E-state index in [-0.39, 0.29) is 15.7 Å². The van der Waals surface area contributed by atoms with Crippen molar-refractivity contribution in [2.24, 2.45) is 0 Å². The summed E-state index contributed by atoms with van der Waals surface area (Å²) in [4.78, 5) is 0.0301. The number of nitrogens with zero attached hydrogens (tertiary/aromatic N) is 1. The van der Waals surface area contributed by atoms with Crippen molar-refractivity contribution in [2.45, 2.75) is 4.90 Å². The lowest BCUT2D eigenvalue weighted by Crippen LogP contribution is -2.26. The van der Waals surface area contributed by atoms with Crippen molar-refractivity contribution in [2.75, 3.05) is 17.1 Å². The fourth-order valence-electron chi connectivity index (χ4n) is 1.65. The Kier molecular flexibility index (Phi) is 3.78. The summed E-state index contributed by atoms with van der Waals surface area (Å²) >= 11 is 5.85. The molecule has 0 unspecified atom stereocenters. The number of hydrogen-bond acceptors (Lipinski definition) is 4. The molecule has 0 aliphatic carbocycles. The summed E-state index contributed by atoms with van der Waals surface area (Å²) in [5, 5.41) is 9.60. The number of phenolic OH excluding ortho intramolecular Hbond substituents is 1. The second-order valence-electron chi connectivity index (χ2n) is 4.18. The monoisotopic (exact) mass is 312 g/mol. The Balaban J connectivity index is 2.46. The maximum atomic E-state index is 12.5. The van der Waals surface area contributed by atoms with Gasteiger partial charge in [0.05, 0.1) is 21.3 Å². The molecule has 0 aliphatic rings. The van der Waals surface area contributed by atoms with E-state index in [2.05, 4.69) is 0 Å². The van der Waals surface area contributed by atoms with Gasteiger partial charge in [-0.1, -0.05) is 17.7 Å². The highest BCUT2D eigenvalue weighted by molar-refractivity contribution is 7.92. The number of rotatable bonds is 3. The predicted molar refractivity (Wildman–Crippen MR) is 79.6 cm³/mol. The van der Waals surface area contributed by atoms with Crippen LogP contribution < -0.4 is 10.0 Å². The van der Waals surface area contributed by atoms with Gasteiger partial charge in [0.1, 0.15) is 5.75 Å². The summed E-state index contributed by atoms with van der Waals surface area (Å²) in [7, 11) is -2.37. The Morgan fingerprint density at radius 1 is 1.20 bits per heavy atom. The van der Waals surface area contributed by atoms with E-state index in [1.807, 2.05) is 0 Å². The molecule has 0 heterocycles. The van der Waals surface area contributed by atoms with E-state index in [0.717, 1.165) is 4.31 Å². The fourth-order valence-corrected chi connectivity index (χ4v) is 3.11. The second-order valence-corrected chi connectivity index (χ2v) is 6.55. The minimum atomic E-state index is -3.77. The van der Waals surface area contributed by atoms with E-state index in [1.165, 1.54) is 37.4 Å². The van der Waals surface area contributed by atoms with E-state index in [1.54, 1.807) is 12.1 Å². The molecule has 0 amide bonds. The summed E-state index contributed by atoms with van der Waals surface area (Å²) in [6.07, 6.45) is 0. The molecule has 20 heavy (non-hydrogen) atoms. The Morgan fingerprint density at radius 3 is 2.50 bits per heavy atom. The Labute approximate surface area is 122 Å². The molecular weight excluding hydrogens is 300 g/mol. The molecule has 2 aromatic carbocycles. The van der Waals surface area contributed by atoms with Crippen LogP contribution in [0.1, 0.15) is 0 Å². The molecule has 5 nitrogen and oxygen atoms in total. The molecule has 7 heteroatoms. The standard InChI is InChI=1S/C13H13ClN2O3S/c1-16(9-3-2-4-10(17)7-9)20(18,19)11-5-6-13(15)12(14)8-11/h2-8,17H,15H2,1H3. The van der Waals surface area contributed by atoms with Gasteiger partial charge in [-0.3, -0.25) is 4.31 Å². The van der Waals surface area contributed by atoms with Gasteiger partial charge >= 0.3 is 0 Å². The molecule has 0 saturated heterocycles. The average molecular weight is 313 g/mol. The number of sulfonamides is 1. The smallest absolute Gasteiger partial charge is 0.264 e. The van der Waals surface area contributed by atoms with Crippen molar-refractivity contribution in [1.29, 1.82) is 0 Å². The van der Waals surface area contributed by atoms with Crippen LogP contribution in [0.3, 0.4) is 0 Å². The molecule has 2 rings (SSSR count). The van der Waals surface area contributed by atoms with Crippen molar-refractivity contribution in [1.82, 2.24) is 0 Å². The highest BCUT2D eigenvalue weighted by Crippen LogP contribution is 2.28. The zero-order valence-corrected chi connectivity index (χ0v) is 12.2. The predicted octanol–water partition coefficient (Wildman–Crippen LogP) is 2.45. The molecule has 106 valence electrons. The summed E-state index contributed by atoms with van der Waals surface area (Å²) in [5.74, 6) is -0.0140. The Bertz CT molecular complexity index is 747. The van der Waals surface area contributed by atoms with Gasteiger partial charge in [-0.2, -0.15) is 0 Å². The molecule has 2 aromatic rings. The Morgan fingerprint density at radius 2 is 1.90 bits per heavy atom. The molecule has 0 aromatic heterocycles. The van der Waals surface area contributed by atoms with Crippen LogP contribution >= 0.6 is 11.6 Å². The second kappa shape index (κ2) is 5.22. The molecule has 0 spiro atoms. The van der Waals surface area contributed by atoms with Gasteiger partial charge in [0.15, 0.2) is 0 Å². The van der Waals surface area contributed by atoms with Crippen molar-refractivity contribution < 1.29 is 13.5 Å². The first kappa shape index (κ1) is 14.5. The third-order valence-electron chi connectivity index (χ3n) is 2.82. The van der Waals surface area contributed by atoms with E-state index >= 15 is 0 Å². The van der Waals surface area contributed by atoms with Gasteiger partial charge < -0.3 is 10.8 Å². The van der Waals surface area contributed by atoms with E-state index in [4.69, 9.17) is 17.3 Å². The molecule has 0 atom stereocenters.